The van der Waals surface area contributed by atoms with Gasteiger partial charge in [-0.2, -0.15) is 0 Å². The summed E-state index contributed by atoms with van der Waals surface area (Å²) in [5, 5.41) is 11.3. The number of thioether (sulfide) groups is 1. The summed E-state index contributed by atoms with van der Waals surface area (Å²) < 4.78 is 1.68. The zero-order valence-corrected chi connectivity index (χ0v) is 11.5. The van der Waals surface area contributed by atoms with Crippen molar-refractivity contribution in [3.8, 4) is 0 Å². The summed E-state index contributed by atoms with van der Waals surface area (Å²) in [4.78, 5) is 12.0. The molecule has 1 saturated carbocycles. The average molecular weight is 269 g/mol. The van der Waals surface area contributed by atoms with E-state index >= 15 is 0 Å². The number of nitrogens with zero attached hydrogens (tertiary/aromatic N) is 3. The maximum atomic E-state index is 12.0. The zero-order chi connectivity index (χ0) is 13.1. The van der Waals surface area contributed by atoms with Crippen LogP contribution in [0.2, 0.25) is 0 Å². The Morgan fingerprint density at radius 2 is 2.17 bits per heavy atom. The molecule has 18 heavy (non-hydrogen) atoms. The van der Waals surface area contributed by atoms with Gasteiger partial charge in [-0.3, -0.25) is 9.36 Å². The highest BCUT2D eigenvalue weighted by molar-refractivity contribution is 8.00. The van der Waals surface area contributed by atoms with Crippen LogP contribution in [-0.2, 0) is 11.8 Å². The Morgan fingerprint density at radius 1 is 1.50 bits per heavy atom. The molecule has 0 saturated heterocycles. The second kappa shape index (κ2) is 5.60. The van der Waals surface area contributed by atoms with Gasteiger partial charge in [0.25, 0.3) is 0 Å². The summed E-state index contributed by atoms with van der Waals surface area (Å²) in [7, 11) is 1.79. The van der Waals surface area contributed by atoms with E-state index in [4.69, 9.17) is 5.73 Å². The van der Waals surface area contributed by atoms with Crippen molar-refractivity contribution in [3.05, 3.63) is 0 Å². The first kappa shape index (κ1) is 13.2. The molecule has 1 amide bonds. The molecule has 0 radical (unpaired) electrons. The standard InChI is InChI=1S/C11H19N5OS/c1-7(9(17)13-8-5-3-4-6-8)18-11-15-14-10(12)16(11)2/h7-8H,3-6H2,1-2H3,(H2,12,14)(H,13,17). The summed E-state index contributed by atoms with van der Waals surface area (Å²) in [6.07, 6.45) is 4.62. The first-order valence-corrected chi connectivity index (χ1v) is 7.08. The number of aromatic nitrogens is 3. The molecule has 1 aliphatic carbocycles. The number of rotatable bonds is 4. The maximum Gasteiger partial charge on any atom is 0.233 e. The van der Waals surface area contributed by atoms with Crippen LogP contribution in [0, 0.1) is 0 Å². The third-order valence-corrected chi connectivity index (χ3v) is 4.36. The third kappa shape index (κ3) is 2.95. The summed E-state index contributed by atoms with van der Waals surface area (Å²) in [5.41, 5.74) is 5.60. The Balaban J connectivity index is 1.88. The lowest BCUT2D eigenvalue weighted by Crippen LogP contribution is -2.37. The van der Waals surface area contributed by atoms with Crippen LogP contribution >= 0.6 is 11.8 Å². The Bertz CT molecular complexity index is 427. The Kier molecular flexibility index (Phi) is 4.11. The molecule has 0 spiro atoms. The monoisotopic (exact) mass is 269 g/mol. The van der Waals surface area contributed by atoms with Gasteiger partial charge in [-0.25, -0.2) is 0 Å². The van der Waals surface area contributed by atoms with Crippen LogP contribution in [0.25, 0.3) is 0 Å². The minimum Gasteiger partial charge on any atom is -0.368 e. The number of nitrogens with one attached hydrogen (secondary N) is 1. The fraction of sp³-hybridized carbons (Fsp3) is 0.727. The summed E-state index contributed by atoms with van der Waals surface area (Å²) in [6.45, 7) is 1.87. The van der Waals surface area contributed by atoms with Crippen LogP contribution in [0.3, 0.4) is 0 Å². The van der Waals surface area contributed by atoms with Crippen LogP contribution in [-0.4, -0.2) is 32.0 Å². The summed E-state index contributed by atoms with van der Waals surface area (Å²) in [5.74, 6) is 0.425. The molecule has 1 aliphatic rings. The summed E-state index contributed by atoms with van der Waals surface area (Å²) >= 11 is 1.38. The number of nitrogen functional groups attached to an aromatic ring is 1. The molecule has 6 nitrogen and oxygen atoms in total. The molecule has 0 aromatic carbocycles. The highest BCUT2D eigenvalue weighted by Crippen LogP contribution is 2.23. The molecule has 100 valence electrons. The van der Waals surface area contributed by atoms with Crippen molar-refractivity contribution in [2.75, 3.05) is 5.73 Å². The zero-order valence-electron chi connectivity index (χ0n) is 10.7. The van der Waals surface area contributed by atoms with E-state index in [0.29, 0.717) is 17.1 Å². The van der Waals surface area contributed by atoms with E-state index < -0.39 is 0 Å². The molecule has 0 bridgehead atoms. The molecule has 7 heteroatoms. The van der Waals surface area contributed by atoms with E-state index in [1.54, 1.807) is 11.6 Å². The van der Waals surface area contributed by atoms with Crippen molar-refractivity contribution in [1.82, 2.24) is 20.1 Å². The topological polar surface area (TPSA) is 85.8 Å². The number of amides is 1. The molecular weight excluding hydrogens is 250 g/mol. The quantitative estimate of drug-likeness (QED) is 0.794. The van der Waals surface area contributed by atoms with Crippen molar-refractivity contribution in [2.45, 2.75) is 49.1 Å². The van der Waals surface area contributed by atoms with Gasteiger partial charge in [0, 0.05) is 13.1 Å². The molecule has 1 unspecified atom stereocenters. The molecular formula is C11H19N5OS. The van der Waals surface area contributed by atoms with E-state index in [2.05, 4.69) is 15.5 Å². The molecule has 1 fully saturated rings. The number of anilines is 1. The highest BCUT2D eigenvalue weighted by Gasteiger charge is 2.22. The van der Waals surface area contributed by atoms with Crippen molar-refractivity contribution >= 4 is 23.6 Å². The second-order valence-corrected chi connectivity index (χ2v) is 5.96. The van der Waals surface area contributed by atoms with Crippen LogP contribution in [0.15, 0.2) is 5.16 Å². The van der Waals surface area contributed by atoms with Gasteiger partial charge in [-0.05, 0) is 19.8 Å². The number of hydrogen-bond donors (Lipinski definition) is 2. The number of carbonyl (C=O) groups excluding carboxylic acids is 1. The Labute approximate surface area is 111 Å². The van der Waals surface area contributed by atoms with Gasteiger partial charge < -0.3 is 11.1 Å². The minimum absolute atomic E-state index is 0.0634. The van der Waals surface area contributed by atoms with Crippen LogP contribution in [0.4, 0.5) is 5.95 Å². The van der Waals surface area contributed by atoms with E-state index in [1.165, 1.54) is 24.6 Å². The molecule has 1 heterocycles. The highest BCUT2D eigenvalue weighted by atomic mass is 32.2. The lowest BCUT2D eigenvalue weighted by atomic mass is 10.2. The number of nitrogens with two attached hydrogens (primary N) is 1. The fourth-order valence-corrected chi connectivity index (χ4v) is 2.86. The molecule has 0 aliphatic heterocycles. The normalized spacial score (nSPS) is 17.9. The van der Waals surface area contributed by atoms with E-state index in [-0.39, 0.29) is 11.2 Å². The van der Waals surface area contributed by atoms with Crippen molar-refractivity contribution in [1.29, 1.82) is 0 Å². The fourth-order valence-electron chi connectivity index (χ4n) is 2.03. The van der Waals surface area contributed by atoms with Crippen molar-refractivity contribution in [3.63, 3.8) is 0 Å². The smallest absolute Gasteiger partial charge is 0.233 e. The molecule has 1 aromatic rings. The first-order valence-electron chi connectivity index (χ1n) is 6.20. The minimum atomic E-state index is -0.187. The Hall–Kier alpha value is -1.24. The van der Waals surface area contributed by atoms with Gasteiger partial charge in [0.1, 0.15) is 0 Å². The van der Waals surface area contributed by atoms with Crippen molar-refractivity contribution < 1.29 is 4.79 Å². The first-order chi connectivity index (χ1) is 8.58. The SMILES string of the molecule is CC(Sc1nnc(N)n1C)C(=O)NC1CCCC1. The van der Waals surface area contributed by atoms with Gasteiger partial charge in [0.05, 0.1) is 5.25 Å². The van der Waals surface area contributed by atoms with Crippen molar-refractivity contribution in [2.24, 2.45) is 7.05 Å². The van der Waals surface area contributed by atoms with Gasteiger partial charge in [0.2, 0.25) is 11.9 Å². The van der Waals surface area contributed by atoms with Gasteiger partial charge >= 0.3 is 0 Å². The largest absolute Gasteiger partial charge is 0.368 e. The number of hydrogen-bond acceptors (Lipinski definition) is 5. The predicted molar refractivity (Wildman–Crippen MR) is 71.1 cm³/mol. The molecule has 3 N–H and O–H groups in total. The lowest BCUT2D eigenvalue weighted by molar-refractivity contribution is -0.120. The lowest BCUT2D eigenvalue weighted by Gasteiger charge is -2.15. The molecule has 1 atom stereocenters. The maximum absolute atomic E-state index is 12.0. The van der Waals surface area contributed by atoms with Crippen LogP contribution < -0.4 is 11.1 Å². The molecule has 2 rings (SSSR count). The molecule has 1 aromatic heterocycles. The van der Waals surface area contributed by atoms with Crippen LogP contribution in [0.5, 0.6) is 0 Å². The average Bonchev–Trinajstić information content (AvgIpc) is 2.94. The second-order valence-electron chi connectivity index (χ2n) is 4.65. The third-order valence-electron chi connectivity index (χ3n) is 3.22. The van der Waals surface area contributed by atoms with Gasteiger partial charge in [-0.15, -0.1) is 10.2 Å². The van der Waals surface area contributed by atoms with E-state index in [9.17, 15) is 4.79 Å². The van der Waals surface area contributed by atoms with Gasteiger partial charge in [0.15, 0.2) is 5.16 Å². The van der Waals surface area contributed by atoms with Gasteiger partial charge in [-0.1, -0.05) is 24.6 Å². The van der Waals surface area contributed by atoms with Crippen LogP contribution in [0.1, 0.15) is 32.6 Å². The predicted octanol–water partition coefficient (Wildman–Crippen LogP) is 0.937. The number of carbonyl (C=O) groups is 1. The van der Waals surface area contributed by atoms with E-state index in [0.717, 1.165) is 12.8 Å². The summed E-state index contributed by atoms with van der Waals surface area (Å²) in [6, 6.07) is 0.352. The Morgan fingerprint density at radius 3 is 2.72 bits per heavy atom. The van der Waals surface area contributed by atoms with E-state index in [1.807, 2.05) is 6.92 Å².